The second-order valence-electron chi connectivity index (χ2n) is 14.3. The number of hydrogen-bond donors (Lipinski definition) is 6. The highest BCUT2D eigenvalue weighted by Gasteiger charge is 2.33. The van der Waals surface area contributed by atoms with Crippen LogP contribution < -0.4 is 25.8 Å². The van der Waals surface area contributed by atoms with Crippen LogP contribution in [0.2, 0.25) is 0 Å². The number of ether oxygens (including phenoxy) is 3. The molecule has 0 fully saturated rings. The Labute approximate surface area is 298 Å². The van der Waals surface area contributed by atoms with E-state index in [1.165, 1.54) is 0 Å². The van der Waals surface area contributed by atoms with Crippen LogP contribution in [-0.2, 0) is 30.4 Å². The minimum atomic E-state index is -1.04. The SMILES string of the molecule is COCCCOc1cc(CC(CC(NC(=O)CCCCCON(O)O)C(O)CC(C(=O)NCC(C)(C)C(N)=O)C(C)C)C(C)C)ccc1OC. The second kappa shape index (κ2) is 23.5. The van der Waals surface area contributed by atoms with E-state index in [-0.39, 0.29) is 61.0 Å². The molecule has 14 nitrogen and oxygen atoms in total. The molecule has 7 N–H and O–H groups in total. The standard InChI is InChI=1S/C36H64N4O10/c1-24(2)27(19-26-14-15-31(48-8)32(20-26)49-17-12-16-47-7)21-29(39-33(42)13-10-9-11-18-50-40(45)46)30(41)22-28(25(3)4)34(43)38-23-36(5,6)35(37)44/h14-15,20,24-25,27-30,41,45-46H,9-13,16-19,21-23H2,1-8H3,(H2,37,44)(H,38,43)(H,39,42). The van der Waals surface area contributed by atoms with E-state index in [1.54, 1.807) is 28.1 Å². The highest BCUT2D eigenvalue weighted by atomic mass is 17.1. The molecule has 288 valence electrons. The number of nitrogens with zero attached hydrogens (tertiary/aromatic N) is 1. The molecule has 0 aromatic heterocycles. The van der Waals surface area contributed by atoms with E-state index in [0.29, 0.717) is 56.8 Å². The van der Waals surface area contributed by atoms with Crippen LogP contribution in [0.3, 0.4) is 0 Å². The maximum atomic E-state index is 13.3. The number of aliphatic hydroxyl groups excluding tert-OH is 1. The van der Waals surface area contributed by atoms with Crippen molar-refractivity contribution < 1.29 is 49.0 Å². The van der Waals surface area contributed by atoms with Crippen LogP contribution in [0, 0.1) is 29.1 Å². The van der Waals surface area contributed by atoms with Gasteiger partial charge >= 0.3 is 0 Å². The molecule has 0 saturated heterocycles. The summed E-state index contributed by atoms with van der Waals surface area (Å²) in [4.78, 5) is 42.9. The molecule has 0 aliphatic heterocycles. The van der Waals surface area contributed by atoms with Gasteiger partial charge in [0, 0.05) is 39.0 Å². The van der Waals surface area contributed by atoms with E-state index in [4.69, 9.17) is 30.4 Å². The third kappa shape index (κ3) is 17.3. The summed E-state index contributed by atoms with van der Waals surface area (Å²) in [5.74, 6) is -0.262. The molecular formula is C36H64N4O10. The summed E-state index contributed by atoms with van der Waals surface area (Å²) in [5, 5.41) is 34.6. The maximum absolute atomic E-state index is 13.3. The van der Waals surface area contributed by atoms with Gasteiger partial charge in [-0.25, -0.2) is 0 Å². The van der Waals surface area contributed by atoms with Crippen LogP contribution in [0.25, 0.3) is 0 Å². The van der Waals surface area contributed by atoms with E-state index in [1.807, 2.05) is 32.0 Å². The Hall–Kier alpha value is -3.01. The monoisotopic (exact) mass is 712 g/mol. The van der Waals surface area contributed by atoms with Crippen molar-refractivity contribution in [3.63, 3.8) is 0 Å². The number of nitrogens with one attached hydrogen (secondary N) is 2. The molecule has 0 heterocycles. The van der Waals surface area contributed by atoms with Crippen LogP contribution in [0.4, 0.5) is 0 Å². The normalized spacial score (nSPS) is 14.4. The molecule has 4 atom stereocenters. The van der Waals surface area contributed by atoms with Crippen molar-refractivity contribution in [1.82, 2.24) is 16.0 Å². The quantitative estimate of drug-likeness (QED) is 0.0568. The fourth-order valence-corrected chi connectivity index (χ4v) is 5.50. The zero-order valence-electron chi connectivity index (χ0n) is 31.4. The number of carbonyl (C=O) groups is 3. The highest BCUT2D eigenvalue weighted by Crippen LogP contribution is 2.32. The van der Waals surface area contributed by atoms with Crippen LogP contribution in [0.5, 0.6) is 11.5 Å². The molecule has 1 aromatic carbocycles. The van der Waals surface area contributed by atoms with Crippen LogP contribution in [0.15, 0.2) is 18.2 Å². The predicted octanol–water partition coefficient (Wildman–Crippen LogP) is 4.02. The first kappa shape index (κ1) is 45.0. The minimum absolute atomic E-state index is 0.0458. The van der Waals surface area contributed by atoms with E-state index >= 15 is 0 Å². The van der Waals surface area contributed by atoms with Gasteiger partial charge in [0.2, 0.25) is 17.7 Å². The third-order valence-electron chi connectivity index (χ3n) is 9.05. The molecule has 1 aromatic rings. The summed E-state index contributed by atoms with van der Waals surface area (Å²) in [6.45, 7) is 12.5. The summed E-state index contributed by atoms with van der Waals surface area (Å²) in [5.41, 5.74) is 5.58. The van der Waals surface area contributed by atoms with Gasteiger partial charge in [-0.05, 0) is 81.4 Å². The lowest BCUT2D eigenvalue weighted by molar-refractivity contribution is -0.492. The van der Waals surface area contributed by atoms with E-state index in [0.717, 1.165) is 12.0 Å². The van der Waals surface area contributed by atoms with E-state index in [9.17, 15) is 19.5 Å². The Kier molecular flexibility index (Phi) is 21.1. The number of primary amides is 1. The molecule has 0 spiro atoms. The van der Waals surface area contributed by atoms with Crippen molar-refractivity contribution in [1.29, 1.82) is 0 Å². The Morgan fingerprint density at radius 2 is 1.62 bits per heavy atom. The molecule has 3 amide bonds. The summed E-state index contributed by atoms with van der Waals surface area (Å²) < 4.78 is 16.6. The van der Waals surface area contributed by atoms with Gasteiger partial charge in [0.25, 0.3) is 0 Å². The largest absolute Gasteiger partial charge is 0.493 e. The first-order valence-electron chi connectivity index (χ1n) is 17.7. The topological polar surface area (TPSA) is 202 Å². The highest BCUT2D eigenvalue weighted by molar-refractivity contribution is 5.83. The van der Waals surface area contributed by atoms with Crippen molar-refractivity contribution in [3.05, 3.63) is 23.8 Å². The number of hydrogen-bond acceptors (Lipinski definition) is 11. The van der Waals surface area contributed by atoms with Gasteiger partial charge in [-0.2, -0.15) is 0 Å². The molecule has 1 rings (SSSR count). The fourth-order valence-electron chi connectivity index (χ4n) is 5.50. The van der Waals surface area contributed by atoms with Crippen molar-refractivity contribution >= 4 is 17.7 Å². The van der Waals surface area contributed by atoms with Crippen LogP contribution >= 0.6 is 0 Å². The van der Waals surface area contributed by atoms with Gasteiger partial charge in [0.05, 0.1) is 43.3 Å². The zero-order valence-corrected chi connectivity index (χ0v) is 31.4. The Bertz CT molecular complexity index is 1150. The molecule has 0 radical (unpaired) electrons. The lowest BCUT2D eigenvalue weighted by atomic mass is 9.80. The van der Waals surface area contributed by atoms with Crippen LogP contribution in [-0.4, -0.2) is 91.4 Å². The predicted molar refractivity (Wildman–Crippen MR) is 188 cm³/mol. The number of benzene rings is 1. The number of methoxy groups -OCH3 is 2. The molecule has 0 saturated carbocycles. The molecule has 0 aliphatic carbocycles. The molecule has 50 heavy (non-hydrogen) atoms. The molecule has 14 heteroatoms. The number of rotatable bonds is 27. The lowest BCUT2D eigenvalue weighted by Crippen LogP contribution is -2.48. The van der Waals surface area contributed by atoms with Gasteiger partial charge in [0.1, 0.15) is 0 Å². The summed E-state index contributed by atoms with van der Waals surface area (Å²) in [6, 6.07) is 5.19. The number of unbranched alkanes of at least 4 members (excludes halogenated alkanes) is 2. The minimum Gasteiger partial charge on any atom is -0.493 e. The van der Waals surface area contributed by atoms with Gasteiger partial charge < -0.3 is 35.7 Å². The summed E-state index contributed by atoms with van der Waals surface area (Å²) >= 11 is 0. The zero-order chi connectivity index (χ0) is 37.9. The summed E-state index contributed by atoms with van der Waals surface area (Å²) in [6.07, 6.45) is 2.78. The van der Waals surface area contributed by atoms with Gasteiger partial charge in [-0.1, -0.05) is 40.2 Å². The molecule has 0 aliphatic rings. The smallest absolute Gasteiger partial charge is 0.224 e. The second-order valence-corrected chi connectivity index (χ2v) is 14.3. The third-order valence-corrected chi connectivity index (χ3v) is 9.05. The van der Waals surface area contributed by atoms with Crippen molar-refractivity contribution in [3.8, 4) is 11.5 Å². The molecule has 0 bridgehead atoms. The van der Waals surface area contributed by atoms with Crippen molar-refractivity contribution in [2.75, 3.05) is 40.6 Å². The fraction of sp³-hybridized carbons (Fsp3) is 0.750. The first-order chi connectivity index (χ1) is 23.5. The average Bonchev–Trinajstić information content (AvgIpc) is 3.04. The number of aliphatic hydroxyl groups is 1. The van der Waals surface area contributed by atoms with Crippen LogP contribution in [0.1, 0.15) is 92.1 Å². The maximum Gasteiger partial charge on any atom is 0.224 e. The van der Waals surface area contributed by atoms with E-state index < -0.39 is 29.4 Å². The first-order valence-corrected chi connectivity index (χ1v) is 17.7. The van der Waals surface area contributed by atoms with Gasteiger partial charge in [-0.3, -0.25) is 29.6 Å². The average molecular weight is 713 g/mol. The van der Waals surface area contributed by atoms with Crippen molar-refractivity contribution in [2.45, 2.75) is 105 Å². The van der Waals surface area contributed by atoms with Gasteiger partial charge in [-0.15, -0.1) is 0 Å². The van der Waals surface area contributed by atoms with E-state index in [2.05, 4.69) is 29.3 Å². The summed E-state index contributed by atoms with van der Waals surface area (Å²) in [7, 11) is 3.24. The lowest BCUT2D eigenvalue weighted by Gasteiger charge is -2.33. The number of carbonyl (C=O) groups excluding carboxylic acids is 3. The number of nitrogens with two attached hydrogens (primary N) is 1. The number of amides is 3. The Morgan fingerprint density at radius 3 is 2.20 bits per heavy atom. The molecular weight excluding hydrogens is 648 g/mol. The Morgan fingerprint density at radius 1 is 0.920 bits per heavy atom. The molecule has 4 unspecified atom stereocenters. The van der Waals surface area contributed by atoms with Gasteiger partial charge in [0.15, 0.2) is 11.5 Å². The van der Waals surface area contributed by atoms with Crippen molar-refractivity contribution in [2.24, 2.45) is 34.8 Å². The Balaban J connectivity index is 3.20.